The first-order valence-corrected chi connectivity index (χ1v) is 6.06. The summed E-state index contributed by atoms with van der Waals surface area (Å²) in [6, 6.07) is 0.999. The maximum atomic E-state index is 12.0. The lowest BCUT2D eigenvalue weighted by Gasteiger charge is -2.19. The Labute approximate surface area is 107 Å². The van der Waals surface area contributed by atoms with Crippen molar-refractivity contribution in [2.24, 2.45) is 5.92 Å². The molecule has 0 bridgehead atoms. The fourth-order valence-corrected chi connectivity index (χ4v) is 1.86. The second-order valence-electron chi connectivity index (χ2n) is 4.69. The number of nitrogens with one attached hydrogen (secondary N) is 2. The van der Waals surface area contributed by atoms with Crippen molar-refractivity contribution in [3.05, 3.63) is 23.0 Å². The van der Waals surface area contributed by atoms with Crippen LogP contribution >= 0.6 is 0 Å². The fourth-order valence-electron chi connectivity index (χ4n) is 1.86. The molecule has 0 aliphatic heterocycles. The zero-order chi connectivity index (χ0) is 13.9. The number of aliphatic carboxylic acids is 1. The highest BCUT2D eigenvalue weighted by Crippen LogP contribution is 2.12. The van der Waals surface area contributed by atoms with Gasteiger partial charge in [-0.15, -0.1) is 0 Å². The first-order chi connectivity index (χ1) is 8.36. The number of aromatic nitrogens is 1. The van der Waals surface area contributed by atoms with Crippen LogP contribution in [0.4, 0.5) is 0 Å². The highest BCUT2D eigenvalue weighted by Gasteiger charge is 2.26. The van der Waals surface area contributed by atoms with Crippen LogP contribution in [0.5, 0.6) is 0 Å². The average Bonchev–Trinajstić information content (AvgIpc) is 2.63. The third kappa shape index (κ3) is 3.12. The average molecular weight is 252 g/mol. The smallest absolute Gasteiger partial charge is 0.326 e. The number of rotatable bonds is 5. The van der Waals surface area contributed by atoms with Crippen molar-refractivity contribution in [3.63, 3.8) is 0 Å². The van der Waals surface area contributed by atoms with E-state index in [2.05, 4.69) is 10.3 Å². The number of aromatic amines is 1. The van der Waals surface area contributed by atoms with Gasteiger partial charge in [-0.3, -0.25) is 4.79 Å². The largest absolute Gasteiger partial charge is 0.480 e. The zero-order valence-electron chi connectivity index (χ0n) is 11.2. The molecule has 1 aromatic rings. The summed E-state index contributed by atoms with van der Waals surface area (Å²) in [6.45, 7) is 7.38. The molecule has 100 valence electrons. The molecule has 0 radical (unpaired) electrons. The van der Waals surface area contributed by atoms with Crippen molar-refractivity contribution in [1.82, 2.24) is 10.3 Å². The normalized spacial score (nSPS) is 14.0. The van der Waals surface area contributed by atoms with Crippen LogP contribution < -0.4 is 5.32 Å². The lowest BCUT2D eigenvalue weighted by molar-refractivity contribution is -0.140. The van der Waals surface area contributed by atoms with Crippen LogP contribution in [0.2, 0.25) is 0 Å². The van der Waals surface area contributed by atoms with Gasteiger partial charge in [-0.05, 0) is 31.4 Å². The molecule has 5 nitrogen and oxygen atoms in total. The summed E-state index contributed by atoms with van der Waals surface area (Å²) in [5.41, 5.74) is 2.13. The van der Waals surface area contributed by atoms with Gasteiger partial charge in [0, 0.05) is 5.69 Å². The van der Waals surface area contributed by atoms with Gasteiger partial charge < -0.3 is 15.4 Å². The second kappa shape index (κ2) is 5.71. The van der Waals surface area contributed by atoms with Crippen molar-refractivity contribution in [3.8, 4) is 0 Å². The summed E-state index contributed by atoms with van der Waals surface area (Å²) in [6.07, 6.45) is 0.694. The molecule has 1 heterocycles. The molecule has 1 aromatic heterocycles. The quantitative estimate of drug-likeness (QED) is 0.748. The minimum atomic E-state index is -1.00. The maximum Gasteiger partial charge on any atom is 0.326 e. The molecule has 0 spiro atoms. The molecule has 0 saturated carbocycles. The Morgan fingerprint density at radius 2 is 2.06 bits per heavy atom. The Hall–Kier alpha value is -1.78. The minimum Gasteiger partial charge on any atom is -0.480 e. The van der Waals surface area contributed by atoms with Gasteiger partial charge in [-0.2, -0.15) is 0 Å². The number of hydrogen-bond acceptors (Lipinski definition) is 2. The summed E-state index contributed by atoms with van der Waals surface area (Å²) in [5.74, 6) is -1.48. The van der Waals surface area contributed by atoms with E-state index in [1.165, 1.54) is 0 Å². The van der Waals surface area contributed by atoms with Crippen LogP contribution in [0.3, 0.4) is 0 Å². The number of amides is 1. The number of aryl methyl sites for hydroxylation is 2. The van der Waals surface area contributed by atoms with Gasteiger partial charge in [0.1, 0.15) is 11.7 Å². The van der Waals surface area contributed by atoms with Crippen LogP contribution in [-0.4, -0.2) is 28.0 Å². The molecule has 0 unspecified atom stereocenters. The van der Waals surface area contributed by atoms with Crippen molar-refractivity contribution >= 4 is 11.9 Å². The molecule has 1 rings (SSSR count). The molecule has 0 aromatic carbocycles. The third-order valence-corrected chi connectivity index (χ3v) is 3.14. The zero-order valence-corrected chi connectivity index (χ0v) is 11.2. The van der Waals surface area contributed by atoms with E-state index in [9.17, 15) is 9.59 Å². The molecule has 0 aliphatic carbocycles. The van der Waals surface area contributed by atoms with Gasteiger partial charge >= 0.3 is 5.97 Å². The number of carboxylic acid groups (broad SMARTS) is 1. The third-order valence-electron chi connectivity index (χ3n) is 3.14. The van der Waals surface area contributed by atoms with Crippen LogP contribution in [0, 0.1) is 19.8 Å². The molecule has 0 aliphatic rings. The molecule has 5 heteroatoms. The van der Waals surface area contributed by atoms with Gasteiger partial charge in [0.05, 0.1) is 0 Å². The molecule has 0 saturated heterocycles. The number of carboxylic acids is 1. The monoisotopic (exact) mass is 252 g/mol. The lowest BCUT2D eigenvalue weighted by atomic mass is 9.99. The minimum absolute atomic E-state index is 0.109. The predicted octanol–water partition coefficient (Wildman–Crippen LogP) is 1.86. The van der Waals surface area contributed by atoms with Gasteiger partial charge in [-0.25, -0.2) is 4.79 Å². The van der Waals surface area contributed by atoms with E-state index in [4.69, 9.17) is 5.11 Å². The number of H-pyrrole nitrogens is 1. The first kappa shape index (κ1) is 14.3. The van der Waals surface area contributed by atoms with E-state index in [0.717, 1.165) is 11.3 Å². The van der Waals surface area contributed by atoms with E-state index in [1.54, 1.807) is 0 Å². The highest BCUT2D eigenvalue weighted by molar-refractivity contribution is 5.96. The number of carbonyl (C=O) groups excluding carboxylic acids is 1. The summed E-state index contributed by atoms with van der Waals surface area (Å²) in [5, 5.41) is 11.7. The van der Waals surface area contributed by atoms with Gasteiger partial charge in [-0.1, -0.05) is 20.3 Å². The Balaban J connectivity index is 2.85. The standard InChI is InChI=1S/C13H20N2O3/c1-5-7(2)11(13(17)18)15-12(16)10-8(3)6-9(4)14-10/h6-7,11,14H,5H2,1-4H3,(H,15,16)(H,17,18)/t7-,11-/m0/s1. The summed E-state index contributed by atoms with van der Waals surface area (Å²) in [4.78, 5) is 26.1. The van der Waals surface area contributed by atoms with Crippen LogP contribution in [0.1, 0.15) is 42.0 Å². The fraction of sp³-hybridized carbons (Fsp3) is 0.538. The SMILES string of the molecule is CC[C@H](C)[C@H](NC(=O)c1[nH]c(C)cc1C)C(=O)O. The highest BCUT2D eigenvalue weighted by atomic mass is 16.4. The molecular weight excluding hydrogens is 232 g/mol. The van der Waals surface area contributed by atoms with Crippen LogP contribution in [0.25, 0.3) is 0 Å². The second-order valence-corrected chi connectivity index (χ2v) is 4.69. The first-order valence-electron chi connectivity index (χ1n) is 6.06. The van der Waals surface area contributed by atoms with Crippen molar-refractivity contribution in [2.75, 3.05) is 0 Å². The molecule has 3 N–H and O–H groups in total. The lowest BCUT2D eigenvalue weighted by Crippen LogP contribution is -2.45. The predicted molar refractivity (Wildman–Crippen MR) is 68.6 cm³/mol. The van der Waals surface area contributed by atoms with E-state index >= 15 is 0 Å². The Kier molecular flexibility index (Phi) is 4.53. The molecule has 2 atom stereocenters. The number of carbonyl (C=O) groups is 2. The van der Waals surface area contributed by atoms with Gasteiger partial charge in [0.15, 0.2) is 0 Å². The van der Waals surface area contributed by atoms with Crippen molar-refractivity contribution in [2.45, 2.75) is 40.2 Å². The van der Waals surface area contributed by atoms with Crippen LogP contribution in [0.15, 0.2) is 6.07 Å². The molecule has 1 amide bonds. The van der Waals surface area contributed by atoms with Gasteiger partial charge in [0.25, 0.3) is 5.91 Å². The van der Waals surface area contributed by atoms with Crippen molar-refractivity contribution < 1.29 is 14.7 Å². The Bertz CT molecular complexity index is 451. The Morgan fingerprint density at radius 3 is 2.44 bits per heavy atom. The summed E-state index contributed by atoms with van der Waals surface area (Å²) in [7, 11) is 0. The molecule has 18 heavy (non-hydrogen) atoms. The van der Waals surface area contributed by atoms with E-state index in [-0.39, 0.29) is 11.8 Å². The van der Waals surface area contributed by atoms with E-state index in [1.807, 2.05) is 33.8 Å². The molecular formula is C13H20N2O3. The number of hydrogen-bond donors (Lipinski definition) is 3. The van der Waals surface area contributed by atoms with E-state index in [0.29, 0.717) is 12.1 Å². The van der Waals surface area contributed by atoms with Gasteiger partial charge in [0.2, 0.25) is 0 Å². The van der Waals surface area contributed by atoms with Crippen LogP contribution in [-0.2, 0) is 4.79 Å². The molecule has 0 fully saturated rings. The topological polar surface area (TPSA) is 82.2 Å². The Morgan fingerprint density at radius 1 is 1.44 bits per heavy atom. The summed E-state index contributed by atoms with van der Waals surface area (Å²) >= 11 is 0. The summed E-state index contributed by atoms with van der Waals surface area (Å²) < 4.78 is 0. The van der Waals surface area contributed by atoms with Crippen molar-refractivity contribution in [1.29, 1.82) is 0 Å². The maximum absolute atomic E-state index is 12.0. The van der Waals surface area contributed by atoms with E-state index < -0.39 is 12.0 Å².